The molecule has 0 aromatic rings. The molecule has 26 valence electrons. The molecule has 0 aromatic heterocycles. The molecule has 0 bridgehead atoms. The zero-order valence-corrected chi connectivity index (χ0v) is 3.33. The Morgan fingerprint density at radius 3 is 1.80 bits per heavy atom. The second-order valence-corrected chi connectivity index (χ2v) is 1.21. The van der Waals surface area contributed by atoms with Crippen molar-refractivity contribution in [2.24, 2.45) is 0 Å². The monoisotopic (exact) mass is 91.0 g/mol. The van der Waals surface area contributed by atoms with Gasteiger partial charge in [0.2, 0.25) is 0 Å². The third kappa shape index (κ3) is 3.64. The second kappa shape index (κ2) is 1.91. The molecule has 0 aliphatic carbocycles. The van der Waals surface area contributed by atoms with Gasteiger partial charge >= 0.3 is 9.46 Å². The number of hydrogen-bond acceptors (Lipinski definition) is 0. The third-order valence-corrected chi connectivity index (χ3v) is 0.327. The van der Waals surface area contributed by atoms with Crippen molar-refractivity contribution in [3.8, 4) is 12.0 Å². The molecular formula is C2HF2Si+. The normalized spacial score (nSPS) is 5.80. The highest BCUT2D eigenvalue weighted by atomic mass is 28.4. The molecule has 3 heteroatoms. The van der Waals surface area contributed by atoms with Gasteiger partial charge in [0.15, 0.2) is 0 Å². The number of terminal acetylenes is 1. The number of rotatable bonds is 0. The Balaban J connectivity index is 2.94. The lowest BCUT2D eigenvalue weighted by molar-refractivity contribution is 0.688. The fourth-order valence-corrected chi connectivity index (χ4v) is 0. The van der Waals surface area contributed by atoms with Crippen LogP contribution in [0.1, 0.15) is 0 Å². The Hall–Kier alpha value is -0.363. The van der Waals surface area contributed by atoms with Crippen LogP contribution in [0.25, 0.3) is 0 Å². The van der Waals surface area contributed by atoms with Crippen LogP contribution >= 0.6 is 0 Å². The summed E-state index contributed by atoms with van der Waals surface area (Å²) in [5.74, 6) is 0. The first-order valence-corrected chi connectivity index (χ1v) is 2.17. The topological polar surface area (TPSA) is 0 Å². The highest BCUT2D eigenvalue weighted by Crippen LogP contribution is 1.76. The molecule has 5 heavy (non-hydrogen) atoms. The molecule has 0 fully saturated rings. The average molecular weight is 91.1 g/mol. The molecule has 0 aliphatic rings. The fraction of sp³-hybridized carbons (Fsp3) is 0. The van der Waals surface area contributed by atoms with E-state index in [0.29, 0.717) is 0 Å². The first kappa shape index (κ1) is 4.64. The first-order valence-electron chi connectivity index (χ1n) is 0.917. The van der Waals surface area contributed by atoms with Crippen molar-refractivity contribution in [1.29, 1.82) is 0 Å². The zero-order chi connectivity index (χ0) is 4.28. The summed E-state index contributed by atoms with van der Waals surface area (Å²) in [5, 5.41) is 0. The van der Waals surface area contributed by atoms with E-state index in [2.05, 4.69) is 6.42 Å². The van der Waals surface area contributed by atoms with Gasteiger partial charge in [-0.3, -0.25) is 0 Å². The highest BCUT2D eigenvalue weighted by molar-refractivity contribution is 6.52. The standard InChI is InChI=1S/C2HF2Si/c1-2-5(3)4/h1H/q+1. The minimum absolute atomic E-state index is 1.30. The van der Waals surface area contributed by atoms with Gasteiger partial charge in [-0.25, -0.2) is 0 Å². The summed E-state index contributed by atoms with van der Waals surface area (Å²) < 4.78 is 21.3. The van der Waals surface area contributed by atoms with Gasteiger partial charge in [0.25, 0.3) is 0 Å². The van der Waals surface area contributed by atoms with E-state index in [0.717, 1.165) is 0 Å². The Labute approximate surface area is 30.8 Å². The van der Waals surface area contributed by atoms with Crippen molar-refractivity contribution >= 4 is 9.46 Å². The molecule has 0 rings (SSSR count). The molecule has 0 nitrogen and oxygen atoms in total. The number of halogens is 2. The quantitative estimate of drug-likeness (QED) is 0.232. The van der Waals surface area contributed by atoms with E-state index in [-0.39, 0.29) is 0 Å². The third-order valence-electron chi connectivity index (χ3n) is 0.109. The van der Waals surface area contributed by atoms with E-state index in [4.69, 9.17) is 0 Å². The first-order chi connectivity index (χ1) is 2.27. The van der Waals surface area contributed by atoms with E-state index in [1.54, 1.807) is 0 Å². The van der Waals surface area contributed by atoms with Crippen LogP contribution in [0, 0.1) is 12.0 Å². The largest absolute Gasteiger partial charge is 0.849 e. The Morgan fingerprint density at radius 2 is 1.80 bits per heavy atom. The van der Waals surface area contributed by atoms with E-state index >= 15 is 0 Å². The Morgan fingerprint density at radius 1 is 1.60 bits per heavy atom. The molecule has 0 heterocycles. The summed E-state index contributed by atoms with van der Waals surface area (Å²) in [7, 11) is -3.35. The maximum atomic E-state index is 10.6. The molecule has 0 aromatic carbocycles. The molecule has 0 N–H and O–H groups in total. The van der Waals surface area contributed by atoms with Crippen LogP contribution in [-0.2, 0) is 0 Å². The van der Waals surface area contributed by atoms with Crippen LogP contribution in [0.2, 0.25) is 0 Å². The summed E-state index contributed by atoms with van der Waals surface area (Å²) in [5.41, 5.74) is 1.30. The van der Waals surface area contributed by atoms with E-state index < -0.39 is 9.46 Å². The van der Waals surface area contributed by atoms with Crippen LogP contribution in [-0.4, -0.2) is 9.46 Å². The maximum absolute atomic E-state index is 10.6. The van der Waals surface area contributed by atoms with Crippen molar-refractivity contribution in [2.75, 3.05) is 0 Å². The van der Waals surface area contributed by atoms with Gasteiger partial charge in [-0.2, -0.15) is 0 Å². The van der Waals surface area contributed by atoms with Gasteiger partial charge < -0.3 is 0 Å². The SMILES string of the molecule is C#C[Si+](F)F. The van der Waals surface area contributed by atoms with Crippen LogP contribution in [0.5, 0.6) is 0 Å². The van der Waals surface area contributed by atoms with E-state index in [1.165, 1.54) is 5.54 Å². The van der Waals surface area contributed by atoms with Crippen molar-refractivity contribution in [3.63, 3.8) is 0 Å². The molecule has 0 saturated heterocycles. The molecule has 0 atom stereocenters. The summed E-state index contributed by atoms with van der Waals surface area (Å²) in [4.78, 5) is 0. The maximum Gasteiger partial charge on any atom is 0.849 e. The van der Waals surface area contributed by atoms with Crippen LogP contribution in [0.4, 0.5) is 8.22 Å². The Bertz CT molecular complexity index is 53.2. The molecule has 0 aliphatic heterocycles. The molecule has 0 unspecified atom stereocenters. The minimum atomic E-state index is -3.35. The van der Waals surface area contributed by atoms with Gasteiger partial charge in [0, 0.05) is 0 Å². The fourth-order valence-electron chi connectivity index (χ4n) is 0. The van der Waals surface area contributed by atoms with E-state index in [9.17, 15) is 8.22 Å². The van der Waals surface area contributed by atoms with Crippen LogP contribution in [0.15, 0.2) is 0 Å². The molecule has 0 amide bonds. The van der Waals surface area contributed by atoms with Crippen molar-refractivity contribution < 1.29 is 8.22 Å². The van der Waals surface area contributed by atoms with Crippen molar-refractivity contribution in [3.05, 3.63) is 0 Å². The molecule has 0 spiro atoms. The number of hydrogen-bond donors (Lipinski definition) is 0. The molecular weight excluding hydrogens is 90.1 g/mol. The average Bonchev–Trinajstić information content (AvgIpc) is 1.38. The second-order valence-electron chi connectivity index (χ2n) is 0.405. The van der Waals surface area contributed by atoms with E-state index in [1.807, 2.05) is 0 Å². The van der Waals surface area contributed by atoms with Crippen LogP contribution in [0.3, 0.4) is 0 Å². The predicted molar refractivity (Wildman–Crippen MR) is 16.8 cm³/mol. The zero-order valence-electron chi connectivity index (χ0n) is 2.33. The van der Waals surface area contributed by atoms with Gasteiger partial charge in [-0.05, 0) is 8.22 Å². The van der Waals surface area contributed by atoms with Crippen molar-refractivity contribution in [1.82, 2.24) is 0 Å². The minimum Gasteiger partial charge on any atom is -0.0805 e. The van der Waals surface area contributed by atoms with Gasteiger partial charge in [0.05, 0.1) is 0 Å². The molecule has 0 saturated carbocycles. The Kier molecular flexibility index (Phi) is 1.77. The predicted octanol–water partition coefficient (Wildman–Crippen LogP) is 0.586. The van der Waals surface area contributed by atoms with Gasteiger partial charge in [-0.15, -0.1) is 0 Å². The lowest BCUT2D eigenvalue weighted by Crippen LogP contribution is -1.85. The summed E-state index contributed by atoms with van der Waals surface area (Å²) in [6, 6.07) is 0. The van der Waals surface area contributed by atoms with Crippen LogP contribution < -0.4 is 0 Å². The summed E-state index contributed by atoms with van der Waals surface area (Å²) >= 11 is 0. The summed E-state index contributed by atoms with van der Waals surface area (Å²) in [6.07, 6.45) is 4.22. The highest BCUT2D eigenvalue weighted by Gasteiger charge is 2.24. The lowest BCUT2D eigenvalue weighted by Gasteiger charge is -1.39. The summed E-state index contributed by atoms with van der Waals surface area (Å²) in [6.45, 7) is 0. The molecule has 0 radical (unpaired) electrons. The van der Waals surface area contributed by atoms with Crippen molar-refractivity contribution in [2.45, 2.75) is 0 Å². The smallest absolute Gasteiger partial charge is 0.0805 e. The van der Waals surface area contributed by atoms with Gasteiger partial charge in [0.1, 0.15) is 5.54 Å². The lowest BCUT2D eigenvalue weighted by atomic mass is 11.4. The van der Waals surface area contributed by atoms with Gasteiger partial charge in [-0.1, -0.05) is 6.42 Å².